The predicted molar refractivity (Wildman–Crippen MR) is 138 cm³/mol. The molecule has 2 aromatic rings. The minimum atomic E-state index is -3.89. The summed E-state index contributed by atoms with van der Waals surface area (Å²) in [5.41, 5.74) is 0.765. The van der Waals surface area contributed by atoms with Gasteiger partial charge in [0.1, 0.15) is 12.6 Å². The number of halogens is 3. The van der Waals surface area contributed by atoms with Gasteiger partial charge in [0.15, 0.2) is 0 Å². The highest BCUT2D eigenvalue weighted by molar-refractivity contribution is 7.92. The molecule has 34 heavy (non-hydrogen) atoms. The van der Waals surface area contributed by atoms with Gasteiger partial charge in [-0.15, -0.1) is 0 Å². The van der Waals surface area contributed by atoms with Crippen LogP contribution >= 0.6 is 34.8 Å². The molecule has 0 aliphatic carbocycles. The van der Waals surface area contributed by atoms with Gasteiger partial charge < -0.3 is 10.2 Å². The molecule has 0 bridgehead atoms. The molecule has 186 valence electrons. The molecular weight excluding hydrogens is 521 g/mol. The number of sulfonamides is 1. The Morgan fingerprint density at radius 2 is 1.59 bits per heavy atom. The molecule has 0 unspecified atom stereocenters. The van der Waals surface area contributed by atoms with Gasteiger partial charge in [0.05, 0.1) is 11.9 Å². The van der Waals surface area contributed by atoms with Gasteiger partial charge in [0.25, 0.3) is 0 Å². The molecule has 1 N–H and O–H groups in total. The van der Waals surface area contributed by atoms with Crippen LogP contribution in [0.5, 0.6) is 0 Å². The molecule has 11 heteroatoms. The lowest BCUT2D eigenvalue weighted by Crippen LogP contribution is -2.51. The standard InChI is InChI=1S/C23H28Cl3N3O4S/c1-15(2)12-27-23(31)16(3)28(13-17-7-5-6-8-21(17)26)22(30)14-29(34(4,32)33)20-10-18(24)9-19(25)11-20/h5-11,15-16H,12-14H2,1-4H3,(H,27,31)/t16-/m1/s1. The van der Waals surface area contributed by atoms with Crippen LogP contribution in [-0.2, 0) is 26.2 Å². The Bertz CT molecular complexity index is 1120. The second-order valence-electron chi connectivity index (χ2n) is 8.33. The Balaban J connectivity index is 2.41. The van der Waals surface area contributed by atoms with E-state index in [2.05, 4.69) is 5.32 Å². The molecule has 2 amide bonds. The summed E-state index contributed by atoms with van der Waals surface area (Å²) in [6.07, 6.45) is 0.978. The zero-order valence-electron chi connectivity index (χ0n) is 19.4. The lowest BCUT2D eigenvalue weighted by molar-refractivity contribution is -0.139. The van der Waals surface area contributed by atoms with Crippen molar-refractivity contribution in [3.63, 3.8) is 0 Å². The molecule has 0 aliphatic heterocycles. The maximum atomic E-state index is 13.5. The molecule has 0 radical (unpaired) electrons. The van der Waals surface area contributed by atoms with E-state index in [1.807, 2.05) is 13.8 Å². The number of hydrogen-bond donors (Lipinski definition) is 1. The second kappa shape index (κ2) is 12.1. The molecule has 2 aromatic carbocycles. The minimum absolute atomic E-state index is 0.0165. The van der Waals surface area contributed by atoms with Crippen LogP contribution in [0.25, 0.3) is 0 Å². The molecular formula is C23H28Cl3N3O4S. The van der Waals surface area contributed by atoms with Crippen molar-refractivity contribution in [2.75, 3.05) is 23.7 Å². The zero-order valence-corrected chi connectivity index (χ0v) is 22.5. The van der Waals surface area contributed by atoms with Crippen LogP contribution < -0.4 is 9.62 Å². The largest absolute Gasteiger partial charge is 0.354 e. The Morgan fingerprint density at radius 1 is 1.00 bits per heavy atom. The van der Waals surface area contributed by atoms with Crippen molar-refractivity contribution < 1.29 is 18.0 Å². The average Bonchev–Trinajstić information content (AvgIpc) is 2.73. The number of rotatable bonds is 10. The van der Waals surface area contributed by atoms with Gasteiger partial charge in [-0.05, 0) is 42.7 Å². The van der Waals surface area contributed by atoms with Crippen LogP contribution in [-0.4, -0.2) is 50.5 Å². The first-order chi connectivity index (χ1) is 15.8. The minimum Gasteiger partial charge on any atom is -0.354 e. The number of anilines is 1. The van der Waals surface area contributed by atoms with Crippen LogP contribution in [0, 0.1) is 5.92 Å². The summed E-state index contributed by atoms with van der Waals surface area (Å²) >= 11 is 18.4. The maximum Gasteiger partial charge on any atom is 0.244 e. The highest BCUT2D eigenvalue weighted by atomic mass is 35.5. The predicted octanol–water partition coefficient (Wildman–Crippen LogP) is 4.60. The van der Waals surface area contributed by atoms with Gasteiger partial charge in [0.2, 0.25) is 21.8 Å². The lowest BCUT2D eigenvalue weighted by Gasteiger charge is -2.32. The molecule has 1 atom stereocenters. The third-order valence-corrected chi connectivity index (χ3v) is 6.91. The molecule has 2 rings (SSSR count). The van der Waals surface area contributed by atoms with E-state index in [9.17, 15) is 18.0 Å². The molecule has 0 aliphatic rings. The van der Waals surface area contributed by atoms with Crippen LogP contribution in [0.1, 0.15) is 26.3 Å². The van der Waals surface area contributed by atoms with Crippen LogP contribution in [0.2, 0.25) is 15.1 Å². The van der Waals surface area contributed by atoms with Gasteiger partial charge in [-0.3, -0.25) is 13.9 Å². The molecule has 0 aromatic heterocycles. The van der Waals surface area contributed by atoms with Crippen molar-refractivity contribution >= 4 is 62.3 Å². The number of nitrogens with zero attached hydrogens (tertiary/aromatic N) is 2. The number of benzene rings is 2. The van der Waals surface area contributed by atoms with E-state index < -0.39 is 28.5 Å². The first-order valence-corrected chi connectivity index (χ1v) is 13.5. The first kappa shape index (κ1) is 28.2. The SMILES string of the molecule is CC(C)CNC(=O)[C@@H](C)N(Cc1ccccc1Cl)C(=O)CN(c1cc(Cl)cc(Cl)c1)S(C)(=O)=O. The highest BCUT2D eigenvalue weighted by Crippen LogP contribution is 2.27. The summed E-state index contributed by atoms with van der Waals surface area (Å²) in [4.78, 5) is 27.6. The first-order valence-electron chi connectivity index (χ1n) is 10.5. The van der Waals surface area contributed by atoms with E-state index in [1.54, 1.807) is 31.2 Å². The van der Waals surface area contributed by atoms with Crippen molar-refractivity contribution in [1.29, 1.82) is 0 Å². The van der Waals surface area contributed by atoms with Crippen molar-refractivity contribution in [2.24, 2.45) is 5.92 Å². The van der Waals surface area contributed by atoms with Gasteiger partial charge in [-0.1, -0.05) is 66.8 Å². The van der Waals surface area contributed by atoms with E-state index in [-0.39, 0.29) is 34.1 Å². The topological polar surface area (TPSA) is 86.8 Å². The number of nitrogens with one attached hydrogen (secondary N) is 1. The fourth-order valence-corrected chi connectivity index (χ4v) is 4.69. The molecule has 0 heterocycles. The monoisotopic (exact) mass is 547 g/mol. The zero-order chi connectivity index (χ0) is 25.6. The van der Waals surface area contributed by atoms with E-state index in [1.165, 1.54) is 23.1 Å². The van der Waals surface area contributed by atoms with Crippen LogP contribution in [0.3, 0.4) is 0 Å². The van der Waals surface area contributed by atoms with E-state index >= 15 is 0 Å². The normalized spacial score (nSPS) is 12.4. The molecule has 0 saturated heterocycles. The number of carbonyl (C=O) groups excluding carboxylic acids is 2. The van der Waals surface area contributed by atoms with Crippen molar-refractivity contribution in [3.8, 4) is 0 Å². The third kappa shape index (κ3) is 8.05. The van der Waals surface area contributed by atoms with Gasteiger partial charge in [-0.25, -0.2) is 8.42 Å². The number of amides is 2. The molecule has 0 fully saturated rings. The Kier molecular flexibility index (Phi) is 10.1. The average molecular weight is 549 g/mol. The summed E-state index contributed by atoms with van der Waals surface area (Å²) in [7, 11) is -3.89. The number of hydrogen-bond acceptors (Lipinski definition) is 4. The fraction of sp³-hybridized carbons (Fsp3) is 0.391. The fourth-order valence-electron chi connectivity index (χ4n) is 3.14. The van der Waals surface area contributed by atoms with Crippen molar-refractivity contribution in [3.05, 3.63) is 63.1 Å². The maximum absolute atomic E-state index is 13.5. The molecule has 7 nitrogen and oxygen atoms in total. The summed E-state index contributed by atoms with van der Waals surface area (Å²) in [5, 5.41) is 3.68. The molecule has 0 saturated carbocycles. The van der Waals surface area contributed by atoms with Crippen molar-refractivity contribution in [2.45, 2.75) is 33.4 Å². The summed E-state index contributed by atoms with van der Waals surface area (Å²) < 4.78 is 26.1. The lowest BCUT2D eigenvalue weighted by atomic mass is 10.1. The van der Waals surface area contributed by atoms with Crippen LogP contribution in [0.4, 0.5) is 5.69 Å². The van der Waals surface area contributed by atoms with E-state index in [0.717, 1.165) is 10.6 Å². The van der Waals surface area contributed by atoms with Gasteiger partial charge in [0, 0.05) is 28.2 Å². The van der Waals surface area contributed by atoms with Gasteiger partial charge >= 0.3 is 0 Å². The number of carbonyl (C=O) groups is 2. The second-order valence-corrected chi connectivity index (χ2v) is 11.5. The Labute approximate surface area is 216 Å². The van der Waals surface area contributed by atoms with E-state index in [0.29, 0.717) is 17.1 Å². The highest BCUT2D eigenvalue weighted by Gasteiger charge is 2.30. The van der Waals surface area contributed by atoms with Crippen molar-refractivity contribution in [1.82, 2.24) is 10.2 Å². The smallest absolute Gasteiger partial charge is 0.244 e. The Morgan fingerprint density at radius 3 is 2.12 bits per heavy atom. The quantitative estimate of drug-likeness (QED) is 0.470. The van der Waals surface area contributed by atoms with E-state index in [4.69, 9.17) is 34.8 Å². The molecule has 0 spiro atoms. The van der Waals surface area contributed by atoms with Gasteiger partial charge in [-0.2, -0.15) is 0 Å². The summed E-state index contributed by atoms with van der Waals surface area (Å²) in [5.74, 6) is -0.725. The Hall–Kier alpha value is -2.00. The third-order valence-electron chi connectivity index (χ3n) is 4.96. The van der Waals surface area contributed by atoms with Crippen LogP contribution in [0.15, 0.2) is 42.5 Å². The summed E-state index contributed by atoms with van der Waals surface area (Å²) in [6, 6.07) is 10.3. The summed E-state index contributed by atoms with van der Waals surface area (Å²) in [6.45, 7) is 5.40.